The minimum absolute atomic E-state index is 0.00458. The molecule has 0 saturated heterocycles. The summed E-state index contributed by atoms with van der Waals surface area (Å²) in [7, 11) is 0. The molecule has 2 aromatic rings. The van der Waals surface area contributed by atoms with E-state index in [2.05, 4.69) is 22.4 Å². The SMILES string of the molecule is CC1CCCC(CO)(NC(=O)c2ccc3cn[nH]c3c2)C1. The Morgan fingerprint density at radius 2 is 2.43 bits per heavy atom. The molecule has 5 nitrogen and oxygen atoms in total. The molecule has 3 N–H and O–H groups in total. The van der Waals surface area contributed by atoms with E-state index in [-0.39, 0.29) is 12.5 Å². The Balaban J connectivity index is 1.80. The number of carbonyl (C=O) groups is 1. The van der Waals surface area contributed by atoms with Gasteiger partial charge in [-0.2, -0.15) is 5.10 Å². The van der Waals surface area contributed by atoms with E-state index in [4.69, 9.17) is 0 Å². The van der Waals surface area contributed by atoms with E-state index in [1.165, 1.54) is 0 Å². The van der Waals surface area contributed by atoms with Crippen LogP contribution in [0, 0.1) is 5.92 Å². The molecule has 0 spiro atoms. The van der Waals surface area contributed by atoms with Crippen LogP contribution in [0.3, 0.4) is 0 Å². The maximum absolute atomic E-state index is 12.5. The highest BCUT2D eigenvalue weighted by molar-refractivity contribution is 5.98. The van der Waals surface area contributed by atoms with Crippen LogP contribution in [-0.4, -0.2) is 33.4 Å². The van der Waals surface area contributed by atoms with Gasteiger partial charge in [-0.3, -0.25) is 9.89 Å². The van der Waals surface area contributed by atoms with Crippen molar-refractivity contribution in [3.63, 3.8) is 0 Å². The molecule has 1 aromatic carbocycles. The van der Waals surface area contributed by atoms with Crippen molar-refractivity contribution in [3.05, 3.63) is 30.0 Å². The lowest BCUT2D eigenvalue weighted by molar-refractivity contribution is 0.0697. The Labute approximate surface area is 123 Å². The summed E-state index contributed by atoms with van der Waals surface area (Å²) in [6.45, 7) is 2.17. The topological polar surface area (TPSA) is 78.0 Å². The first kappa shape index (κ1) is 14.1. The Hall–Kier alpha value is -1.88. The van der Waals surface area contributed by atoms with E-state index in [1.54, 1.807) is 18.3 Å². The van der Waals surface area contributed by atoms with Crippen molar-refractivity contribution in [2.45, 2.75) is 38.1 Å². The third-order valence-electron chi connectivity index (χ3n) is 4.48. The predicted molar refractivity (Wildman–Crippen MR) is 81.0 cm³/mol. The number of aromatic amines is 1. The molecule has 3 rings (SSSR count). The van der Waals surface area contributed by atoms with Gasteiger partial charge in [0, 0.05) is 10.9 Å². The van der Waals surface area contributed by atoms with Crippen LogP contribution in [0.2, 0.25) is 0 Å². The Morgan fingerprint density at radius 1 is 1.57 bits per heavy atom. The maximum atomic E-state index is 12.5. The number of benzene rings is 1. The number of rotatable bonds is 3. The summed E-state index contributed by atoms with van der Waals surface area (Å²) in [5.74, 6) is 0.399. The summed E-state index contributed by atoms with van der Waals surface area (Å²) < 4.78 is 0. The molecule has 0 radical (unpaired) electrons. The molecular formula is C16H21N3O2. The van der Waals surface area contributed by atoms with Gasteiger partial charge in [0.15, 0.2) is 0 Å². The van der Waals surface area contributed by atoms with Gasteiger partial charge in [-0.05, 0) is 30.9 Å². The molecule has 1 heterocycles. The average Bonchev–Trinajstić information content (AvgIpc) is 2.94. The van der Waals surface area contributed by atoms with E-state index in [0.29, 0.717) is 11.5 Å². The van der Waals surface area contributed by atoms with Crippen molar-refractivity contribution in [1.82, 2.24) is 15.5 Å². The van der Waals surface area contributed by atoms with Crippen molar-refractivity contribution in [3.8, 4) is 0 Å². The summed E-state index contributed by atoms with van der Waals surface area (Å²) >= 11 is 0. The number of amides is 1. The van der Waals surface area contributed by atoms with Gasteiger partial charge in [0.2, 0.25) is 0 Å². The van der Waals surface area contributed by atoms with E-state index in [1.807, 2.05) is 6.07 Å². The fraction of sp³-hybridized carbons (Fsp3) is 0.500. The fourth-order valence-corrected chi connectivity index (χ4v) is 3.35. The maximum Gasteiger partial charge on any atom is 0.251 e. The number of aromatic nitrogens is 2. The Bertz CT molecular complexity index is 652. The highest BCUT2D eigenvalue weighted by atomic mass is 16.3. The molecule has 1 aliphatic carbocycles. The van der Waals surface area contributed by atoms with Gasteiger partial charge in [-0.15, -0.1) is 0 Å². The molecule has 2 atom stereocenters. The zero-order chi connectivity index (χ0) is 14.9. The first-order valence-corrected chi connectivity index (χ1v) is 7.48. The Morgan fingerprint density at radius 3 is 3.19 bits per heavy atom. The normalized spacial score (nSPS) is 25.9. The minimum atomic E-state index is -0.475. The molecule has 1 aliphatic rings. The molecule has 112 valence electrons. The summed E-state index contributed by atoms with van der Waals surface area (Å²) in [5, 5.41) is 20.6. The minimum Gasteiger partial charge on any atom is -0.394 e. The van der Waals surface area contributed by atoms with Crippen molar-refractivity contribution in [1.29, 1.82) is 0 Å². The molecule has 1 amide bonds. The summed E-state index contributed by atoms with van der Waals surface area (Å²) in [6.07, 6.45) is 5.61. The number of hydrogen-bond donors (Lipinski definition) is 3. The second kappa shape index (κ2) is 5.48. The standard InChI is InChI=1S/C16H21N3O2/c1-11-3-2-6-16(8-11,10-20)18-15(21)12-4-5-13-9-17-19-14(13)7-12/h4-5,7,9,11,20H,2-3,6,8,10H2,1H3,(H,17,19)(H,18,21). The molecule has 0 aliphatic heterocycles. The quantitative estimate of drug-likeness (QED) is 0.810. The number of H-pyrrole nitrogens is 1. The van der Waals surface area contributed by atoms with Crippen molar-refractivity contribution >= 4 is 16.8 Å². The molecule has 21 heavy (non-hydrogen) atoms. The second-order valence-electron chi connectivity index (χ2n) is 6.27. The largest absolute Gasteiger partial charge is 0.394 e. The zero-order valence-corrected chi connectivity index (χ0v) is 12.2. The third kappa shape index (κ3) is 2.78. The number of hydrogen-bond acceptors (Lipinski definition) is 3. The monoisotopic (exact) mass is 287 g/mol. The van der Waals surface area contributed by atoms with Gasteiger partial charge in [-0.25, -0.2) is 0 Å². The van der Waals surface area contributed by atoms with Crippen LogP contribution in [0.1, 0.15) is 43.0 Å². The highest BCUT2D eigenvalue weighted by Gasteiger charge is 2.35. The van der Waals surface area contributed by atoms with E-state index >= 15 is 0 Å². The molecular weight excluding hydrogens is 266 g/mol. The Kier molecular flexibility index (Phi) is 3.68. The predicted octanol–water partition coefficient (Wildman–Crippen LogP) is 2.23. The third-order valence-corrected chi connectivity index (χ3v) is 4.48. The van der Waals surface area contributed by atoms with Crippen LogP contribution >= 0.6 is 0 Å². The number of aliphatic hydroxyl groups is 1. The van der Waals surface area contributed by atoms with Gasteiger partial charge in [-0.1, -0.05) is 25.8 Å². The molecule has 1 aromatic heterocycles. The van der Waals surface area contributed by atoms with E-state index in [9.17, 15) is 9.90 Å². The van der Waals surface area contributed by atoms with Crippen LogP contribution in [0.15, 0.2) is 24.4 Å². The number of carbonyl (C=O) groups excluding carboxylic acids is 1. The van der Waals surface area contributed by atoms with Crippen LogP contribution in [-0.2, 0) is 0 Å². The van der Waals surface area contributed by atoms with E-state index < -0.39 is 5.54 Å². The van der Waals surface area contributed by atoms with Crippen molar-refractivity contribution in [2.75, 3.05) is 6.61 Å². The van der Waals surface area contributed by atoms with Gasteiger partial charge in [0.05, 0.1) is 23.9 Å². The smallest absolute Gasteiger partial charge is 0.251 e. The lowest BCUT2D eigenvalue weighted by atomic mass is 9.76. The number of nitrogens with one attached hydrogen (secondary N) is 2. The van der Waals surface area contributed by atoms with Crippen molar-refractivity contribution in [2.24, 2.45) is 5.92 Å². The molecule has 1 saturated carbocycles. The number of nitrogens with zero attached hydrogens (tertiary/aromatic N) is 1. The lowest BCUT2D eigenvalue weighted by Gasteiger charge is -2.39. The highest BCUT2D eigenvalue weighted by Crippen LogP contribution is 2.32. The van der Waals surface area contributed by atoms with Crippen LogP contribution in [0.4, 0.5) is 0 Å². The summed E-state index contributed by atoms with van der Waals surface area (Å²) in [4.78, 5) is 12.5. The van der Waals surface area contributed by atoms with Gasteiger partial charge in [0.25, 0.3) is 5.91 Å². The fourth-order valence-electron chi connectivity index (χ4n) is 3.35. The molecule has 1 fully saturated rings. The molecule has 2 unspecified atom stereocenters. The number of aliphatic hydroxyl groups excluding tert-OH is 1. The van der Waals surface area contributed by atoms with Crippen LogP contribution < -0.4 is 5.32 Å². The van der Waals surface area contributed by atoms with Gasteiger partial charge >= 0.3 is 0 Å². The molecule has 5 heteroatoms. The number of fused-ring (bicyclic) bond motifs is 1. The average molecular weight is 287 g/mol. The van der Waals surface area contributed by atoms with Crippen LogP contribution in [0.5, 0.6) is 0 Å². The first-order chi connectivity index (χ1) is 10.1. The summed E-state index contributed by atoms with van der Waals surface area (Å²) in [6, 6.07) is 5.47. The van der Waals surface area contributed by atoms with Crippen LogP contribution in [0.25, 0.3) is 10.9 Å². The second-order valence-corrected chi connectivity index (χ2v) is 6.27. The van der Waals surface area contributed by atoms with Gasteiger partial charge < -0.3 is 10.4 Å². The first-order valence-electron chi connectivity index (χ1n) is 7.48. The van der Waals surface area contributed by atoms with Crippen molar-refractivity contribution < 1.29 is 9.90 Å². The summed E-state index contributed by atoms with van der Waals surface area (Å²) in [5.41, 5.74) is 0.966. The van der Waals surface area contributed by atoms with E-state index in [0.717, 1.165) is 36.6 Å². The molecule has 0 bridgehead atoms. The van der Waals surface area contributed by atoms with Gasteiger partial charge in [0.1, 0.15) is 0 Å². The lowest BCUT2D eigenvalue weighted by Crippen LogP contribution is -2.53. The zero-order valence-electron chi connectivity index (χ0n) is 12.2.